The summed E-state index contributed by atoms with van der Waals surface area (Å²) in [5.41, 5.74) is 7.02. The van der Waals surface area contributed by atoms with Gasteiger partial charge in [-0.1, -0.05) is 6.07 Å². The maximum atomic E-state index is 12.2. The number of anilines is 1. The first-order valence-electron chi connectivity index (χ1n) is 8.34. The monoisotopic (exact) mass is 374 g/mol. The third-order valence-electron chi connectivity index (χ3n) is 3.63. The maximum Gasteiger partial charge on any atom is 0.342 e. The second-order valence-electron chi connectivity index (χ2n) is 5.98. The first-order valence-corrected chi connectivity index (χ1v) is 8.34. The van der Waals surface area contributed by atoms with Crippen LogP contribution in [0, 0.1) is 20.8 Å². The number of nitrogens with one attached hydrogen (secondary N) is 1. The van der Waals surface area contributed by atoms with E-state index in [2.05, 4.69) is 5.32 Å². The van der Waals surface area contributed by atoms with Crippen LogP contribution in [0.5, 0.6) is 5.75 Å². The van der Waals surface area contributed by atoms with Crippen LogP contribution in [-0.2, 0) is 9.53 Å². The Balaban J connectivity index is 2.16. The van der Waals surface area contributed by atoms with Crippen LogP contribution >= 0.6 is 0 Å². The predicted molar refractivity (Wildman–Crippen MR) is 98.0 cm³/mol. The summed E-state index contributed by atoms with van der Waals surface area (Å²) in [4.78, 5) is 36.0. The zero-order valence-corrected chi connectivity index (χ0v) is 15.7. The summed E-state index contributed by atoms with van der Waals surface area (Å²) >= 11 is 0. The zero-order valence-electron chi connectivity index (χ0n) is 15.7. The average molecular weight is 374 g/mol. The first-order chi connectivity index (χ1) is 12.7. The van der Waals surface area contributed by atoms with Crippen molar-refractivity contribution >= 4 is 23.7 Å². The van der Waals surface area contributed by atoms with Gasteiger partial charge in [0.25, 0.3) is 11.8 Å². The minimum atomic E-state index is -0.916. The fourth-order valence-electron chi connectivity index (χ4n) is 2.64. The van der Waals surface area contributed by atoms with Crippen LogP contribution in [0.3, 0.4) is 0 Å². The van der Waals surface area contributed by atoms with E-state index in [-0.39, 0.29) is 36.0 Å². The molecule has 144 valence electrons. The highest BCUT2D eigenvalue weighted by Crippen LogP contribution is 2.27. The van der Waals surface area contributed by atoms with E-state index in [4.69, 9.17) is 19.6 Å². The smallest absolute Gasteiger partial charge is 0.342 e. The van der Waals surface area contributed by atoms with E-state index >= 15 is 0 Å². The van der Waals surface area contributed by atoms with Gasteiger partial charge in [-0.2, -0.15) is 0 Å². The molecule has 8 heteroatoms. The second-order valence-corrected chi connectivity index (χ2v) is 5.98. The fourth-order valence-corrected chi connectivity index (χ4v) is 2.64. The lowest BCUT2D eigenvalue weighted by Gasteiger charge is -2.08. The molecule has 2 aromatic rings. The van der Waals surface area contributed by atoms with Crippen LogP contribution in [0.2, 0.25) is 0 Å². The molecular weight excluding hydrogens is 352 g/mol. The molecule has 3 N–H and O–H groups in total. The summed E-state index contributed by atoms with van der Waals surface area (Å²) in [6.07, 6.45) is 0. The molecule has 0 radical (unpaired) electrons. The van der Waals surface area contributed by atoms with E-state index in [1.807, 2.05) is 19.9 Å². The summed E-state index contributed by atoms with van der Waals surface area (Å²) in [5, 5.41) is 2.41. The van der Waals surface area contributed by atoms with E-state index in [1.165, 1.54) is 6.92 Å². The van der Waals surface area contributed by atoms with Gasteiger partial charge in [0.15, 0.2) is 6.61 Å². The Morgan fingerprint density at radius 1 is 1.07 bits per heavy atom. The largest absolute Gasteiger partial charge is 0.484 e. The van der Waals surface area contributed by atoms with E-state index in [0.29, 0.717) is 5.75 Å². The number of benzene rings is 1. The van der Waals surface area contributed by atoms with Gasteiger partial charge in [-0.05, 0) is 51.0 Å². The van der Waals surface area contributed by atoms with Crippen molar-refractivity contribution in [1.29, 1.82) is 0 Å². The third-order valence-corrected chi connectivity index (χ3v) is 3.63. The molecule has 0 aliphatic heterocycles. The Morgan fingerprint density at radius 3 is 2.26 bits per heavy atom. The van der Waals surface area contributed by atoms with Crippen molar-refractivity contribution in [3.05, 3.63) is 46.2 Å². The number of carbonyl (C=O) groups is 3. The minimum absolute atomic E-state index is 0.102. The molecule has 0 bridgehead atoms. The summed E-state index contributed by atoms with van der Waals surface area (Å²) in [5.74, 6) is -1.79. The van der Waals surface area contributed by atoms with Crippen molar-refractivity contribution < 1.29 is 28.3 Å². The predicted octanol–water partition coefficient (Wildman–Crippen LogP) is 2.50. The molecule has 0 spiro atoms. The van der Waals surface area contributed by atoms with Gasteiger partial charge in [0.2, 0.25) is 5.88 Å². The van der Waals surface area contributed by atoms with Crippen LogP contribution < -0.4 is 15.8 Å². The first kappa shape index (κ1) is 20.0. The van der Waals surface area contributed by atoms with Gasteiger partial charge >= 0.3 is 5.97 Å². The van der Waals surface area contributed by atoms with Gasteiger partial charge < -0.3 is 19.6 Å². The third kappa shape index (κ3) is 4.87. The maximum absolute atomic E-state index is 12.2. The van der Waals surface area contributed by atoms with Crippen molar-refractivity contribution in [1.82, 2.24) is 0 Å². The molecule has 0 aliphatic carbocycles. The molecule has 2 rings (SSSR count). The van der Waals surface area contributed by atoms with Gasteiger partial charge in [-0.3, -0.25) is 14.9 Å². The van der Waals surface area contributed by atoms with Crippen LogP contribution in [0.4, 0.5) is 5.88 Å². The number of rotatable bonds is 7. The molecule has 2 amide bonds. The van der Waals surface area contributed by atoms with Crippen molar-refractivity contribution in [2.45, 2.75) is 27.7 Å². The Labute approximate surface area is 156 Å². The topological polar surface area (TPSA) is 121 Å². The van der Waals surface area contributed by atoms with Crippen molar-refractivity contribution in [3.63, 3.8) is 0 Å². The van der Waals surface area contributed by atoms with E-state index in [9.17, 15) is 14.4 Å². The number of primary amides is 1. The molecule has 0 saturated heterocycles. The summed E-state index contributed by atoms with van der Waals surface area (Å²) in [6, 6.07) is 5.57. The average Bonchev–Trinajstić information content (AvgIpc) is 2.88. The number of amides is 2. The number of furan rings is 1. The van der Waals surface area contributed by atoms with Crippen LogP contribution in [0.1, 0.15) is 44.5 Å². The molecule has 0 atom stereocenters. The van der Waals surface area contributed by atoms with E-state index in [0.717, 1.165) is 11.1 Å². The van der Waals surface area contributed by atoms with Crippen LogP contribution in [0.25, 0.3) is 0 Å². The second kappa shape index (κ2) is 8.39. The van der Waals surface area contributed by atoms with Crippen molar-refractivity contribution in [3.8, 4) is 5.75 Å². The van der Waals surface area contributed by atoms with Gasteiger partial charge in [-0.25, -0.2) is 4.79 Å². The molecule has 0 unspecified atom stereocenters. The molecular formula is C19H22N2O6. The number of esters is 1. The van der Waals surface area contributed by atoms with Crippen molar-refractivity contribution in [2.75, 3.05) is 18.5 Å². The highest BCUT2D eigenvalue weighted by Gasteiger charge is 2.29. The van der Waals surface area contributed by atoms with E-state index < -0.39 is 17.8 Å². The molecule has 0 fully saturated rings. The van der Waals surface area contributed by atoms with Crippen LogP contribution in [-0.4, -0.2) is 31.0 Å². The Bertz CT molecular complexity index is 864. The number of nitrogens with two attached hydrogens (primary N) is 1. The van der Waals surface area contributed by atoms with Gasteiger partial charge in [0, 0.05) is 0 Å². The summed E-state index contributed by atoms with van der Waals surface area (Å²) in [6.45, 7) is 6.75. The van der Waals surface area contributed by atoms with Gasteiger partial charge in [0.05, 0.1) is 6.61 Å². The number of aryl methyl sites for hydroxylation is 3. The molecule has 0 aliphatic rings. The Kier molecular flexibility index (Phi) is 6.23. The minimum Gasteiger partial charge on any atom is -0.484 e. The zero-order chi connectivity index (χ0) is 20.1. The Morgan fingerprint density at radius 2 is 1.70 bits per heavy atom. The normalized spacial score (nSPS) is 10.4. The quantitative estimate of drug-likeness (QED) is 0.718. The molecule has 27 heavy (non-hydrogen) atoms. The molecule has 1 aromatic heterocycles. The Hall–Kier alpha value is -3.29. The van der Waals surface area contributed by atoms with Crippen molar-refractivity contribution in [2.24, 2.45) is 5.73 Å². The van der Waals surface area contributed by atoms with E-state index in [1.54, 1.807) is 19.1 Å². The van der Waals surface area contributed by atoms with Gasteiger partial charge in [-0.15, -0.1) is 0 Å². The number of carbonyl (C=O) groups excluding carboxylic acids is 3. The SMILES string of the molecule is CCOC(=O)c1c(C)oc(NC(=O)COc2cc(C)cc(C)c2)c1C(N)=O. The highest BCUT2D eigenvalue weighted by atomic mass is 16.5. The van der Waals surface area contributed by atoms with Gasteiger partial charge in [0.1, 0.15) is 22.6 Å². The van der Waals surface area contributed by atoms with Crippen LogP contribution in [0.15, 0.2) is 22.6 Å². The number of hydrogen-bond acceptors (Lipinski definition) is 6. The lowest BCUT2D eigenvalue weighted by molar-refractivity contribution is -0.118. The fraction of sp³-hybridized carbons (Fsp3) is 0.316. The highest BCUT2D eigenvalue weighted by molar-refractivity contribution is 6.10. The molecule has 8 nitrogen and oxygen atoms in total. The lowest BCUT2D eigenvalue weighted by Crippen LogP contribution is -2.23. The number of hydrogen-bond donors (Lipinski definition) is 2. The summed E-state index contributed by atoms with van der Waals surface area (Å²) < 4.78 is 15.7. The molecule has 0 saturated carbocycles. The molecule has 1 heterocycles. The standard InChI is InChI=1S/C19H22N2O6/c1-5-25-19(24)15-12(4)27-18(16(15)17(20)23)21-14(22)9-26-13-7-10(2)6-11(3)8-13/h6-8H,5,9H2,1-4H3,(H2,20,23)(H,21,22). The number of ether oxygens (including phenoxy) is 2. The molecule has 1 aromatic carbocycles. The lowest BCUT2D eigenvalue weighted by atomic mass is 10.1. The summed E-state index contributed by atoms with van der Waals surface area (Å²) in [7, 11) is 0.